The van der Waals surface area contributed by atoms with Crippen molar-refractivity contribution in [3.8, 4) is 0 Å². The Kier molecular flexibility index (Phi) is 5.65. The van der Waals surface area contributed by atoms with Crippen LogP contribution in [0.5, 0.6) is 0 Å². The molecule has 2 aromatic carbocycles. The van der Waals surface area contributed by atoms with Crippen molar-refractivity contribution in [2.24, 2.45) is 0 Å². The molecule has 144 valence electrons. The van der Waals surface area contributed by atoms with Gasteiger partial charge in [-0.2, -0.15) is 13.2 Å². The zero-order valence-corrected chi connectivity index (χ0v) is 15.7. The highest BCUT2D eigenvalue weighted by molar-refractivity contribution is 8.13. The molecule has 1 aliphatic rings. The molecule has 2 aromatic rings. The maximum atomic E-state index is 13.7. The molecular weight excluding hydrogens is 377 g/mol. The molecule has 27 heavy (non-hydrogen) atoms. The first-order valence-electron chi connectivity index (χ1n) is 8.44. The molecule has 0 unspecified atom stereocenters. The summed E-state index contributed by atoms with van der Waals surface area (Å²) in [7, 11) is 0. The van der Waals surface area contributed by atoms with Gasteiger partial charge in [-0.25, -0.2) is 0 Å². The number of thioether (sulfide) groups is 1. The largest absolute Gasteiger partial charge is 0.448 e. The van der Waals surface area contributed by atoms with Gasteiger partial charge < -0.3 is 9.47 Å². The van der Waals surface area contributed by atoms with Crippen molar-refractivity contribution in [1.29, 1.82) is 0 Å². The highest BCUT2D eigenvalue weighted by Crippen LogP contribution is 2.48. The summed E-state index contributed by atoms with van der Waals surface area (Å²) in [5, 5.41) is -0.257. The lowest BCUT2D eigenvalue weighted by Crippen LogP contribution is -2.44. The van der Waals surface area contributed by atoms with Crippen molar-refractivity contribution in [3.05, 3.63) is 65.2 Å². The molecule has 1 aliphatic heterocycles. The fourth-order valence-corrected chi connectivity index (χ4v) is 3.99. The summed E-state index contributed by atoms with van der Waals surface area (Å²) in [4.78, 5) is 13.2. The van der Waals surface area contributed by atoms with Crippen LogP contribution in [0.25, 0.3) is 0 Å². The second kappa shape index (κ2) is 7.66. The topological polar surface area (TPSA) is 35.5 Å². The Morgan fingerprint density at radius 1 is 1.11 bits per heavy atom. The van der Waals surface area contributed by atoms with Gasteiger partial charge in [-0.1, -0.05) is 60.3 Å². The minimum absolute atomic E-state index is 0.130. The molecule has 0 spiro atoms. The summed E-state index contributed by atoms with van der Waals surface area (Å²) >= 11 is 1.03. The summed E-state index contributed by atoms with van der Waals surface area (Å²) in [5.41, 5.74) is 1.77. The van der Waals surface area contributed by atoms with Crippen molar-refractivity contribution in [2.75, 3.05) is 6.61 Å². The average molecular weight is 396 g/mol. The lowest BCUT2D eigenvalue weighted by Gasteiger charge is -2.30. The van der Waals surface area contributed by atoms with E-state index in [9.17, 15) is 18.0 Å². The second-order valence-corrected chi connectivity index (χ2v) is 7.50. The Morgan fingerprint density at radius 3 is 2.33 bits per heavy atom. The number of carbonyl (C=O) groups excluding carboxylic acids is 1. The molecule has 0 amide bonds. The first-order chi connectivity index (χ1) is 12.7. The summed E-state index contributed by atoms with van der Waals surface area (Å²) < 4.78 is 51.6. The normalized spacial score (nSPS) is 22.8. The van der Waals surface area contributed by atoms with Crippen LogP contribution in [0.3, 0.4) is 0 Å². The highest BCUT2D eigenvalue weighted by Gasteiger charge is 2.63. The van der Waals surface area contributed by atoms with E-state index in [-0.39, 0.29) is 23.7 Å². The maximum absolute atomic E-state index is 13.7. The summed E-state index contributed by atoms with van der Waals surface area (Å²) in [6.45, 7) is 3.48. The van der Waals surface area contributed by atoms with Crippen LogP contribution >= 0.6 is 11.8 Å². The third-order valence-corrected chi connectivity index (χ3v) is 5.59. The molecule has 1 saturated heterocycles. The van der Waals surface area contributed by atoms with Gasteiger partial charge in [0.2, 0.25) is 0 Å². The van der Waals surface area contributed by atoms with Crippen LogP contribution < -0.4 is 0 Å². The van der Waals surface area contributed by atoms with Crippen molar-refractivity contribution in [3.63, 3.8) is 0 Å². The molecule has 0 aromatic heterocycles. The zero-order valence-electron chi connectivity index (χ0n) is 14.9. The van der Waals surface area contributed by atoms with Gasteiger partial charge in [-0.15, -0.1) is 0 Å². The number of benzene rings is 2. The van der Waals surface area contributed by atoms with Gasteiger partial charge in [0.25, 0.3) is 5.79 Å². The van der Waals surface area contributed by atoms with E-state index in [1.165, 1.54) is 24.3 Å². The van der Waals surface area contributed by atoms with E-state index in [0.29, 0.717) is 0 Å². The first-order valence-corrected chi connectivity index (χ1v) is 9.25. The molecule has 0 N–H and O–H groups in total. The summed E-state index contributed by atoms with van der Waals surface area (Å²) in [6, 6.07) is 12.9. The quantitative estimate of drug-likeness (QED) is 0.670. The van der Waals surface area contributed by atoms with Gasteiger partial charge in [-0.3, -0.25) is 4.79 Å². The van der Waals surface area contributed by atoms with Crippen LogP contribution in [0, 0.1) is 13.8 Å². The van der Waals surface area contributed by atoms with E-state index in [1.807, 2.05) is 32.0 Å². The van der Waals surface area contributed by atoms with E-state index in [4.69, 9.17) is 9.47 Å². The molecule has 0 saturated carbocycles. The lowest BCUT2D eigenvalue weighted by atomic mass is 10.1. The van der Waals surface area contributed by atoms with Crippen LogP contribution in [-0.4, -0.2) is 24.0 Å². The fourth-order valence-electron chi connectivity index (χ4n) is 3.04. The van der Waals surface area contributed by atoms with E-state index < -0.39 is 18.1 Å². The molecule has 2 atom stereocenters. The first kappa shape index (κ1) is 19.9. The van der Waals surface area contributed by atoms with Crippen molar-refractivity contribution in [2.45, 2.75) is 43.2 Å². The minimum Gasteiger partial charge on any atom is -0.336 e. The number of hydrogen-bond acceptors (Lipinski definition) is 4. The fraction of sp³-hybridized carbons (Fsp3) is 0.350. The van der Waals surface area contributed by atoms with E-state index in [0.717, 1.165) is 27.8 Å². The Hall–Kier alpha value is -1.83. The number of carbonyl (C=O) groups is 1. The minimum atomic E-state index is -4.76. The van der Waals surface area contributed by atoms with Gasteiger partial charge in [0.15, 0.2) is 5.12 Å². The molecule has 1 heterocycles. The van der Waals surface area contributed by atoms with Gasteiger partial charge in [0.1, 0.15) is 0 Å². The van der Waals surface area contributed by atoms with Crippen LogP contribution in [-0.2, 0) is 20.1 Å². The van der Waals surface area contributed by atoms with E-state index >= 15 is 0 Å². The molecule has 7 heteroatoms. The van der Waals surface area contributed by atoms with Gasteiger partial charge in [0, 0.05) is 16.9 Å². The predicted molar refractivity (Wildman–Crippen MR) is 96.4 cm³/mol. The Bertz CT molecular complexity index is 803. The number of halogens is 3. The van der Waals surface area contributed by atoms with Crippen molar-refractivity contribution in [1.82, 2.24) is 0 Å². The number of hydrogen-bond donors (Lipinski definition) is 0. The molecule has 1 fully saturated rings. The molecule has 0 aliphatic carbocycles. The number of ether oxygens (including phenoxy) is 2. The van der Waals surface area contributed by atoms with Crippen molar-refractivity contribution < 1.29 is 27.4 Å². The number of alkyl halides is 3. The van der Waals surface area contributed by atoms with E-state index in [1.54, 1.807) is 6.07 Å². The van der Waals surface area contributed by atoms with Crippen LogP contribution in [0.1, 0.15) is 23.1 Å². The van der Waals surface area contributed by atoms with Gasteiger partial charge in [0.05, 0.1) is 12.7 Å². The Labute approximate surface area is 159 Å². The summed E-state index contributed by atoms with van der Waals surface area (Å²) in [6.07, 6.45) is -5.88. The third-order valence-electron chi connectivity index (χ3n) is 4.35. The zero-order chi connectivity index (χ0) is 19.7. The average Bonchev–Trinajstić information content (AvgIpc) is 3.04. The molecule has 0 bridgehead atoms. The maximum Gasteiger partial charge on any atom is 0.448 e. The standard InChI is InChI=1S/C20H19F3O3S/c1-13-7-6-8-14(2)18(13)27-17(24)11-16-12-25-19(26-16,20(21,22)23)15-9-4-3-5-10-15/h3-10,16H,11-12H2,1-2H3/t16-,19+/m0/s1. The van der Waals surface area contributed by atoms with Crippen LogP contribution in [0.4, 0.5) is 13.2 Å². The van der Waals surface area contributed by atoms with Gasteiger partial charge in [-0.05, 0) is 25.0 Å². The SMILES string of the molecule is Cc1cccc(C)c1SC(=O)C[C@H]1CO[C@@](c2ccccc2)(C(F)(F)F)O1. The van der Waals surface area contributed by atoms with E-state index in [2.05, 4.69) is 0 Å². The third kappa shape index (κ3) is 4.05. The molecule has 3 nitrogen and oxygen atoms in total. The Morgan fingerprint density at radius 2 is 1.74 bits per heavy atom. The highest BCUT2D eigenvalue weighted by atomic mass is 32.2. The number of aryl methyl sites for hydroxylation is 2. The van der Waals surface area contributed by atoms with Crippen LogP contribution in [0.15, 0.2) is 53.4 Å². The smallest absolute Gasteiger partial charge is 0.336 e. The Balaban J connectivity index is 1.74. The molecular formula is C20H19F3O3S. The monoisotopic (exact) mass is 396 g/mol. The number of rotatable bonds is 4. The second-order valence-electron chi connectivity index (χ2n) is 6.43. The molecule has 0 radical (unpaired) electrons. The van der Waals surface area contributed by atoms with Gasteiger partial charge >= 0.3 is 6.18 Å². The van der Waals surface area contributed by atoms with Crippen LogP contribution in [0.2, 0.25) is 0 Å². The summed E-state index contributed by atoms with van der Waals surface area (Å²) in [5.74, 6) is -2.83. The molecule has 3 rings (SSSR count). The lowest BCUT2D eigenvalue weighted by molar-refractivity contribution is -0.357. The van der Waals surface area contributed by atoms with Crippen molar-refractivity contribution >= 4 is 16.9 Å². The predicted octanol–water partition coefficient (Wildman–Crippen LogP) is 5.14.